The Morgan fingerprint density at radius 2 is 1.51 bits per heavy atom. The molecule has 0 spiro atoms. The van der Waals surface area contributed by atoms with Gasteiger partial charge in [0, 0.05) is 11.3 Å². The molecule has 0 aliphatic carbocycles. The molecule has 0 bridgehead atoms. The van der Waals surface area contributed by atoms with Crippen molar-refractivity contribution in [2.24, 2.45) is 0 Å². The number of Topliss-reactive ketones (excluding diaryl/α,β-unsaturated/α-hetero) is 1. The Labute approximate surface area is 206 Å². The molecule has 1 fully saturated rings. The van der Waals surface area contributed by atoms with Crippen molar-refractivity contribution in [2.45, 2.75) is 46.1 Å². The number of aryl methyl sites for hydroxylation is 2. The summed E-state index contributed by atoms with van der Waals surface area (Å²) in [6.07, 6.45) is 0. The first kappa shape index (κ1) is 24.3. The lowest BCUT2D eigenvalue weighted by molar-refractivity contribution is -0.132. The molecule has 3 aromatic rings. The van der Waals surface area contributed by atoms with Crippen LogP contribution in [0, 0.1) is 13.8 Å². The molecule has 0 saturated carbocycles. The van der Waals surface area contributed by atoms with Gasteiger partial charge in [0.05, 0.1) is 18.7 Å². The maximum atomic E-state index is 13.4. The molecule has 5 nitrogen and oxygen atoms in total. The van der Waals surface area contributed by atoms with E-state index in [4.69, 9.17) is 4.74 Å². The first-order valence-corrected chi connectivity index (χ1v) is 11.7. The predicted octanol–water partition coefficient (Wildman–Crippen LogP) is 6.24. The van der Waals surface area contributed by atoms with Crippen LogP contribution < -0.4 is 9.64 Å². The topological polar surface area (TPSA) is 66.8 Å². The van der Waals surface area contributed by atoms with Crippen LogP contribution in [0.3, 0.4) is 0 Å². The van der Waals surface area contributed by atoms with E-state index in [2.05, 4.69) is 20.8 Å². The summed E-state index contributed by atoms with van der Waals surface area (Å²) in [5.41, 5.74) is 5.05. The summed E-state index contributed by atoms with van der Waals surface area (Å²) in [5.74, 6) is -0.911. The predicted molar refractivity (Wildman–Crippen MR) is 139 cm³/mol. The van der Waals surface area contributed by atoms with E-state index in [1.807, 2.05) is 50.2 Å². The molecular formula is C30H31NO4. The van der Waals surface area contributed by atoms with Gasteiger partial charge in [-0.05, 0) is 71.8 Å². The Morgan fingerprint density at radius 1 is 0.886 bits per heavy atom. The lowest BCUT2D eigenvalue weighted by Crippen LogP contribution is -2.29. The molecule has 1 aliphatic heterocycles. The zero-order valence-corrected chi connectivity index (χ0v) is 21.0. The van der Waals surface area contributed by atoms with Crippen LogP contribution in [0.5, 0.6) is 5.75 Å². The number of carbonyl (C=O) groups is 2. The number of hydrogen-bond acceptors (Lipinski definition) is 4. The second kappa shape index (κ2) is 9.06. The number of amides is 1. The lowest BCUT2D eigenvalue weighted by Gasteiger charge is -2.26. The Hall–Kier alpha value is -3.86. The molecule has 1 N–H and O–H groups in total. The van der Waals surface area contributed by atoms with Gasteiger partial charge in [0.25, 0.3) is 11.7 Å². The fourth-order valence-electron chi connectivity index (χ4n) is 4.37. The zero-order chi connectivity index (χ0) is 25.5. The maximum absolute atomic E-state index is 13.4. The number of benzene rings is 3. The van der Waals surface area contributed by atoms with Gasteiger partial charge in [-0.2, -0.15) is 0 Å². The second-order valence-electron chi connectivity index (χ2n) is 10.0. The lowest BCUT2D eigenvalue weighted by atomic mass is 9.85. The van der Waals surface area contributed by atoms with Crippen LogP contribution in [0.25, 0.3) is 5.76 Å². The Balaban J connectivity index is 1.92. The van der Waals surface area contributed by atoms with Crippen molar-refractivity contribution in [1.82, 2.24) is 0 Å². The molecule has 0 aromatic heterocycles. The van der Waals surface area contributed by atoms with E-state index < -0.39 is 17.7 Å². The number of ether oxygens (including phenoxy) is 1. The number of hydrogen-bond donors (Lipinski definition) is 1. The summed E-state index contributed by atoms with van der Waals surface area (Å²) in [7, 11) is 1.57. The summed E-state index contributed by atoms with van der Waals surface area (Å²) < 4.78 is 5.25. The van der Waals surface area contributed by atoms with Crippen molar-refractivity contribution in [1.29, 1.82) is 0 Å². The highest BCUT2D eigenvalue weighted by Crippen LogP contribution is 2.43. The van der Waals surface area contributed by atoms with Crippen LogP contribution >= 0.6 is 0 Å². The minimum absolute atomic E-state index is 0.0459. The summed E-state index contributed by atoms with van der Waals surface area (Å²) in [6.45, 7) is 10.3. The van der Waals surface area contributed by atoms with Crippen LogP contribution in [-0.4, -0.2) is 23.9 Å². The normalized spacial score (nSPS) is 17.7. The fraction of sp³-hybridized carbons (Fsp3) is 0.267. The van der Waals surface area contributed by atoms with Crippen molar-refractivity contribution < 1.29 is 19.4 Å². The van der Waals surface area contributed by atoms with Crippen LogP contribution in [0.2, 0.25) is 0 Å². The van der Waals surface area contributed by atoms with E-state index in [1.165, 1.54) is 4.90 Å². The Bertz CT molecular complexity index is 1310. The minimum atomic E-state index is -0.765. The molecule has 180 valence electrons. The third-order valence-electron chi connectivity index (χ3n) is 6.67. The number of anilines is 1. The Kier molecular flexibility index (Phi) is 6.28. The Morgan fingerprint density at radius 3 is 2.06 bits per heavy atom. The molecule has 3 aromatic carbocycles. The van der Waals surface area contributed by atoms with E-state index in [9.17, 15) is 14.7 Å². The van der Waals surface area contributed by atoms with Crippen molar-refractivity contribution in [2.75, 3.05) is 12.0 Å². The van der Waals surface area contributed by atoms with Crippen LogP contribution in [-0.2, 0) is 15.0 Å². The van der Waals surface area contributed by atoms with E-state index in [0.717, 1.165) is 22.3 Å². The molecule has 4 rings (SSSR count). The highest BCUT2D eigenvalue weighted by Gasteiger charge is 2.47. The van der Waals surface area contributed by atoms with Crippen molar-refractivity contribution in [3.05, 3.63) is 100 Å². The average molecular weight is 470 g/mol. The summed E-state index contributed by atoms with van der Waals surface area (Å²) >= 11 is 0. The van der Waals surface area contributed by atoms with Gasteiger partial charge in [-0.3, -0.25) is 14.5 Å². The highest BCUT2D eigenvalue weighted by molar-refractivity contribution is 6.51. The fourth-order valence-corrected chi connectivity index (χ4v) is 4.37. The minimum Gasteiger partial charge on any atom is -0.507 e. The van der Waals surface area contributed by atoms with Gasteiger partial charge >= 0.3 is 0 Å². The van der Waals surface area contributed by atoms with Crippen molar-refractivity contribution >= 4 is 23.1 Å². The van der Waals surface area contributed by atoms with E-state index >= 15 is 0 Å². The molecule has 1 unspecified atom stereocenters. The molecule has 1 amide bonds. The number of aliphatic hydroxyl groups is 1. The highest BCUT2D eigenvalue weighted by atomic mass is 16.5. The number of aliphatic hydroxyl groups excluding tert-OH is 1. The summed E-state index contributed by atoms with van der Waals surface area (Å²) in [5, 5.41) is 11.3. The van der Waals surface area contributed by atoms with Crippen molar-refractivity contribution in [3.63, 3.8) is 0 Å². The molecule has 1 saturated heterocycles. The smallest absolute Gasteiger partial charge is 0.300 e. The molecule has 1 heterocycles. The number of ketones is 1. The van der Waals surface area contributed by atoms with Gasteiger partial charge in [0.1, 0.15) is 11.5 Å². The summed E-state index contributed by atoms with van der Waals surface area (Å²) in [4.78, 5) is 28.2. The molecular weight excluding hydrogens is 438 g/mol. The van der Waals surface area contributed by atoms with Crippen LogP contribution in [0.15, 0.2) is 72.3 Å². The van der Waals surface area contributed by atoms with Crippen molar-refractivity contribution in [3.8, 4) is 5.75 Å². The van der Waals surface area contributed by atoms with E-state index in [-0.39, 0.29) is 16.7 Å². The largest absolute Gasteiger partial charge is 0.507 e. The number of nitrogens with zero attached hydrogens (tertiary/aromatic N) is 1. The molecule has 5 heteroatoms. The standard InChI is InChI=1S/C30H31NO4/c1-18-7-8-21(17-19(18)2)27(32)25-26(20-9-11-22(12-10-20)30(3,4)5)31(29(34)28(25)33)23-13-15-24(35-6)16-14-23/h7-17,26,32H,1-6H3/b27-25-. The second-order valence-corrected chi connectivity index (χ2v) is 10.0. The number of rotatable bonds is 4. The maximum Gasteiger partial charge on any atom is 0.300 e. The number of carbonyl (C=O) groups excluding carboxylic acids is 2. The third-order valence-corrected chi connectivity index (χ3v) is 6.67. The molecule has 1 aliphatic rings. The zero-order valence-electron chi connectivity index (χ0n) is 21.0. The first-order chi connectivity index (χ1) is 16.5. The van der Waals surface area contributed by atoms with Gasteiger partial charge in [-0.1, -0.05) is 57.2 Å². The number of methoxy groups -OCH3 is 1. The van der Waals surface area contributed by atoms with Gasteiger partial charge in [-0.25, -0.2) is 0 Å². The average Bonchev–Trinajstić information content (AvgIpc) is 3.10. The van der Waals surface area contributed by atoms with Gasteiger partial charge in [0.2, 0.25) is 0 Å². The van der Waals surface area contributed by atoms with Gasteiger partial charge < -0.3 is 9.84 Å². The first-order valence-electron chi connectivity index (χ1n) is 11.7. The van der Waals surface area contributed by atoms with E-state index in [0.29, 0.717) is 17.0 Å². The van der Waals surface area contributed by atoms with Crippen LogP contribution in [0.4, 0.5) is 5.69 Å². The van der Waals surface area contributed by atoms with Crippen LogP contribution in [0.1, 0.15) is 54.6 Å². The quantitative estimate of drug-likeness (QED) is 0.279. The van der Waals surface area contributed by atoms with Gasteiger partial charge in [0.15, 0.2) is 0 Å². The molecule has 35 heavy (non-hydrogen) atoms. The molecule has 1 atom stereocenters. The monoisotopic (exact) mass is 469 g/mol. The third kappa shape index (κ3) is 4.46. The summed E-state index contributed by atoms with van der Waals surface area (Å²) in [6, 6.07) is 19.6. The SMILES string of the molecule is COc1ccc(N2C(=O)C(=O)/C(=C(\O)c3ccc(C)c(C)c3)C2c2ccc(C(C)(C)C)cc2)cc1. The van der Waals surface area contributed by atoms with E-state index in [1.54, 1.807) is 37.4 Å². The molecule has 0 radical (unpaired) electrons. The van der Waals surface area contributed by atoms with Gasteiger partial charge in [-0.15, -0.1) is 0 Å².